The molecule has 1 saturated heterocycles. The van der Waals surface area contributed by atoms with Gasteiger partial charge in [-0.1, -0.05) is 13.0 Å². The van der Waals surface area contributed by atoms with Crippen LogP contribution in [0.1, 0.15) is 52.1 Å². The van der Waals surface area contributed by atoms with Crippen LogP contribution < -0.4 is 5.32 Å². The minimum atomic E-state index is -0.512. The van der Waals surface area contributed by atoms with Crippen LogP contribution in [0.4, 0.5) is 10.6 Å². The van der Waals surface area contributed by atoms with E-state index >= 15 is 0 Å². The number of nitrogens with zero attached hydrogens (tertiary/aromatic N) is 2. The maximum absolute atomic E-state index is 12.0. The Balaban J connectivity index is 2.15. The van der Waals surface area contributed by atoms with Crippen molar-refractivity contribution in [2.45, 2.75) is 52.2 Å². The average molecular weight is 291 g/mol. The molecule has 1 atom stereocenters. The number of carbonyl (C=O) groups excluding carboxylic acids is 1. The molecule has 1 amide bonds. The van der Waals surface area contributed by atoms with E-state index in [9.17, 15) is 4.79 Å². The molecule has 2 heterocycles. The van der Waals surface area contributed by atoms with E-state index < -0.39 is 11.7 Å². The predicted molar refractivity (Wildman–Crippen MR) is 83.3 cm³/mol. The van der Waals surface area contributed by atoms with Gasteiger partial charge in [0.2, 0.25) is 0 Å². The fourth-order valence-electron chi connectivity index (χ4n) is 2.75. The van der Waals surface area contributed by atoms with Crippen molar-refractivity contribution in [3.05, 3.63) is 23.9 Å². The number of hydrogen-bond donors (Lipinski definition) is 1. The molecule has 1 fully saturated rings. The second-order valence-electron chi connectivity index (χ2n) is 6.35. The van der Waals surface area contributed by atoms with Crippen LogP contribution in [0.5, 0.6) is 0 Å². The molecule has 0 aliphatic carbocycles. The topological polar surface area (TPSA) is 54.5 Å². The molecule has 0 bridgehead atoms. The monoisotopic (exact) mass is 291 g/mol. The summed E-state index contributed by atoms with van der Waals surface area (Å²) < 4.78 is 5.31. The van der Waals surface area contributed by atoms with Crippen LogP contribution in [0.15, 0.2) is 18.3 Å². The number of amides is 1. The first-order valence-electron chi connectivity index (χ1n) is 7.59. The van der Waals surface area contributed by atoms with Gasteiger partial charge in [-0.05, 0) is 52.8 Å². The Labute approximate surface area is 126 Å². The summed E-state index contributed by atoms with van der Waals surface area (Å²) in [4.78, 5) is 18.7. The third-order valence-corrected chi connectivity index (χ3v) is 3.59. The first kappa shape index (κ1) is 15.8. The Hall–Kier alpha value is -1.62. The Morgan fingerprint density at radius 3 is 2.95 bits per heavy atom. The minimum absolute atomic E-state index is 0.327. The highest BCUT2D eigenvalue weighted by Crippen LogP contribution is 2.34. The second-order valence-corrected chi connectivity index (χ2v) is 6.35. The predicted octanol–water partition coefficient (Wildman–Crippen LogP) is 3.59. The zero-order valence-electron chi connectivity index (χ0n) is 13.3. The lowest BCUT2D eigenvalue weighted by atomic mass is 10.1. The molecule has 0 aromatic carbocycles. The maximum atomic E-state index is 12.0. The first-order chi connectivity index (χ1) is 9.90. The number of rotatable bonds is 3. The van der Waals surface area contributed by atoms with Gasteiger partial charge in [0.1, 0.15) is 11.4 Å². The first-order valence-corrected chi connectivity index (χ1v) is 7.59. The third-order valence-electron chi connectivity index (χ3n) is 3.59. The number of carbonyl (C=O) groups is 1. The summed E-state index contributed by atoms with van der Waals surface area (Å²) in [6, 6.07) is 4.29. The zero-order chi connectivity index (χ0) is 15.5. The van der Waals surface area contributed by atoms with Gasteiger partial charge in [0.05, 0.1) is 0 Å². The van der Waals surface area contributed by atoms with Gasteiger partial charge in [0, 0.05) is 17.8 Å². The van der Waals surface area contributed by atoms with E-state index in [0.717, 1.165) is 25.1 Å². The van der Waals surface area contributed by atoms with Crippen LogP contribution in [0.25, 0.3) is 0 Å². The average Bonchev–Trinajstić information content (AvgIpc) is 2.85. The highest BCUT2D eigenvalue weighted by molar-refractivity contribution is 5.84. The van der Waals surface area contributed by atoms with E-state index in [-0.39, 0.29) is 0 Å². The van der Waals surface area contributed by atoms with Crippen LogP contribution in [0, 0.1) is 0 Å². The van der Waals surface area contributed by atoms with Gasteiger partial charge in [-0.25, -0.2) is 9.78 Å². The molecule has 21 heavy (non-hydrogen) atoms. The second kappa shape index (κ2) is 6.43. The van der Waals surface area contributed by atoms with E-state index in [2.05, 4.69) is 22.1 Å². The highest BCUT2D eigenvalue weighted by Gasteiger charge is 2.28. The number of likely N-dealkylation sites (tertiary alicyclic amines) is 1. The van der Waals surface area contributed by atoms with E-state index in [1.54, 1.807) is 6.20 Å². The summed E-state index contributed by atoms with van der Waals surface area (Å²) >= 11 is 0. The molecular formula is C16H25N3O2. The number of hydrogen-bond acceptors (Lipinski definition) is 4. The van der Waals surface area contributed by atoms with E-state index in [1.807, 2.05) is 32.9 Å². The van der Waals surface area contributed by atoms with Crippen molar-refractivity contribution in [2.24, 2.45) is 0 Å². The van der Waals surface area contributed by atoms with Crippen molar-refractivity contribution in [1.29, 1.82) is 0 Å². The fraction of sp³-hybridized carbons (Fsp3) is 0.625. The van der Waals surface area contributed by atoms with Crippen molar-refractivity contribution in [3.8, 4) is 0 Å². The number of nitrogens with one attached hydrogen (secondary N) is 1. The standard InChI is InChI=1S/C16H25N3O2/c1-5-19-11-7-9-13(19)12-8-6-10-17-14(12)18-15(20)21-16(2,3)4/h6,8,10,13H,5,7,9,11H2,1-4H3,(H,17,18,20). The number of aromatic nitrogens is 1. The third kappa shape index (κ3) is 4.17. The van der Waals surface area contributed by atoms with Crippen molar-refractivity contribution in [1.82, 2.24) is 9.88 Å². The Kier molecular flexibility index (Phi) is 4.83. The largest absolute Gasteiger partial charge is 0.444 e. The molecule has 0 radical (unpaired) electrons. The van der Waals surface area contributed by atoms with Crippen LogP contribution in [0.3, 0.4) is 0 Å². The van der Waals surface area contributed by atoms with Crippen molar-refractivity contribution in [3.63, 3.8) is 0 Å². The molecule has 0 spiro atoms. The lowest BCUT2D eigenvalue weighted by Gasteiger charge is -2.25. The summed E-state index contributed by atoms with van der Waals surface area (Å²) in [5.74, 6) is 0.608. The quantitative estimate of drug-likeness (QED) is 0.924. The minimum Gasteiger partial charge on any atom is -0.444 e. The molecule has 5 nitrogen and oxygen atoms in total. The van der Waals surface area contributed by atoms with Gasteiger partial charge >= 0.3 is 6.09 Å². The van der Waals surface area contributed by atoms with Gasteiger partial charge in [-0.15, -0.1) is 0 Å². The molecule has 0 saturated carbocycles. The van der Waals surface area contributed by atoms with Crippen LogP contribution in [-0.4, -0.2) is 34.7 Å². The van der Waals surface area contributed by atoms with Crippen molar-refractivity contribution >= 4 is 11.9 Å². The number of pyridine rings is 1. The molecule has 1 aliphatic heterocycles. The Morgan fingerprint density at radius 1 is 1.52 bits per heavy atom. The lowest BCUT2D eigenvalue weighted by molar-refractivity contribution is 0.0635. The molecule has 1 unspecified atom stereocenters. The molecule has 116 valence electrons. The maximum Gasteiger partial charge on any atom is 0.413 e. The van der Waals surface area contributed by atoms with Gasteiger partial charge in [-0.2, -0.15) is 0 Å². The summed E-state index contributed by atoms with van der Waals surface area (Å²) in [5, 5.41) is 2.79. The molecule has 5 heteroatoms. The highest BCUT2D eigenvalue weighted by atomic mass is 16.6. The van der Waals surface area contributed by atoms with Gasteiger partial charge in [0.15, 0.2) is 0 Å². The van der Waals surface area contributed by atoms with E-state index in [1.165, 1.54) is 6.42 Å². The van der Waals surface area contributed by atoms with Crippen molar-refractivity contribution in [2.75, 3.05) is 18.4 Å². The normalized spacial score (nSPS) is 19.5. The smallest absolute Gasteiger partial charge is 0.413 e. The van der Waals surface area contributed by atoms with Crippen molar-refractivity contribution < 1.29 is 9.53 Å². The van der Waals surface area contributed by atoms with Gasteiger partial charge in [0.25, 0.3) is 0 Å². The summed E-state index contributed by atoms with van der Waals surface area (Å²) in [5.41, 5.74) is 0.560. The van der Waals surface area contributed by atoms with Gasteiger partial charge < -0.3 is 4.74 Å². The van der Waals surface area contributed by atoms with Crippen LogP contribution in [-0.2, 0) is 4.74 Å². The number of ether oxygens (including phenoxy) is 1. The van der Waals surface area contributed by atoms with E-state index in [0.29, 0.717) is 11.9 Å². The Bertz CT molecular complexity index is 497. The molecule has 1 aliphatic rings. The summed E-state index contributed by atoms with van der Waals surface area (Å²) in [7, 11) is 0. The zero-order valence-corrected chi connectivity index (χ0v) is 13.3. The van der Waals surface area contributed by atoms with Gasteiger partial charge in [-0.3, -0.25) is 10.2 Å². The van der Waals surface area contributed by atoms with Crippen LogP contribution >= 0.6 is 0 Å². The molecule has 1 N–H and O–H groups in total. The van der Waals surface area contributed by atoms with Crippen LogP contribution in [0.2, 0.25) is 0 Å². The SMILES string of the molecule is CCN1CCCC1c1cccnc1NC(=O)OC(C)(C)C. The lowest BCUT2D eigenvalue weighted by Crippen LogP contribution is -2.29. The molecule has 2 rings (SSSR count). The summed E-state index contributed by atoms with van der Waals surface area (Å²) in [6.45, 7) is 9.81. The number of anilines is 1. The molecule has 1 aromatic rings. The van der Waals surface area contributed by atoms with E-state index in [4.69, 9.17) is 4.74 Å². The molecule has 1 aromatic heterocycles. The Morgan fingerprint density at radius 2 is 2.29 bits per heavy atom. The fourth-order valence-corrected chi connectivity index (χ4v) is 2.75. The molecular weight excluding hydrogens is 266 g/mol. The summed E-state index contributed by atoms with van der Waals surface area (Å²) in [6.07, 6.45) is 3.52.